The lowest BCUT2D eigenvalue weighted by molar-refractivity contribution is -0.141. The monoisotopic (exact) mass is 1080 g/mol. The Kier molecular flexibility index (Phi) is 15.8. The number of rotatable bonds is 19. The van der Waals surface area contributed by atoms with Gasteiger partial charge in [-0.3, -0.25) is 9.59 Å². The number of thiazole rings is 1. The van der Waals surface area contributed by atoms with Gasteiger partial charge in [-0.1, -0.05) is 50.2 Å². The van der Waals surface area contributed by atoms with Crippen LogP contribution in [-0.4, -0.2) is 146 Å². The molecule has 20 heteroatoms. The number of para-hydroxylation sites is 1. The minimum Gasteiger partial charge on any atom is -0.507 e. The zero-order valence-corrected chi connectivity index (χ0v) is 45.6. The fourth-order valence-electron chi connectivity index (χ4n) is 12.1. The van der Waals surface area contributed by atoms with Crippen molar-refractivity contribution < 1.29 is 38.5 Å². The molecule has 2 bridgehead atoms. The van der Waals surface area contributed by atoms with Crippen LogP contribution in [0.25, 0.3) is 21.7 Å². The number of piperazine rings is 1. The minimum atomic E-state index is -0.825. The molecule has 8 heterocycles. The van der Waals surface area contributed by atoms with Crippen LogP contribution < -0.4 is 30.3 Å². The highest BCUT2D eigenvalue weighted by Gasteiger charge is 2.45. The number of aliphatic hydroxyl groups is 1. The molecular weight excluding hydrogens is 1010 g/mol. The van der Waals surface area contributed by atoms with Gasteiger partial charge in [-0.25, -0.2) is 9.97 Å². The number of pyridine rings is 1. The number of carbonyl (C=O) groups excluding carboxylic acids is 2. The molecule has 0 spiro atoms. The standard InChI is InChI=1S/C58H71N11O8S/c1-34(2)54(58(73)68-32-42(70)25-49(68)57(72)62-35(3)37-10-12-38(13-11-37)55-36(4)61-33-78-55)51-29-53(65-77-51)74-23-7-20-66-21-17-43(18-22-66)75-44-26-45(27-44)76-52-24-39(16-19-60-52)69-40-14-15-41(69)31-67(30-40)48-28-47(63-64-56(48)59)46-8-5-6-9-50(46)71/h5-6,8-13,16,19,24,28-29,33-35,40-45,49,54,70-71H,7,14-15,17-18,20-23,25-27,30-32H2,1-4H3,(H2,59,64)(H,62,72)/t35-,40?,41?,42+,44?,45?,49-,54-/m0/s1. The topological polar surface area (TPSA) is 231 Å². The number of phenols is 1. The number of likely N-dealkylation sites (tertiary alicyclic amines) is 2. The van der Waals surface area contributed by atoms with Gasteiger partial charge in [0.05, 0.1) is 58.4 Å². The molecule has 11 rings (SSSR count). The van der Waals surface area contributed by atoms with Crippen molar-refractivity contribution in [2.24, 2.45) is 5.92 Å². The van der Waals surface area contributed by atoms with Crippen molar-refractivity contribution in [3.05, 3.63) is 102 Å². The first-order valence-corrected chi connectivity index (χ1v) is 28.5. The van der Waals surface area contributed by atoms with Gasteiger partial charge in [-0.2, -0.15) is 0 Å². The zero-order chi connectivity index (χ0) is 54.0. The fraction of sp³-hybridized carbons (Fsp3) is 0.500. The van der Waals surface area contributed by atoms with Crippen molar-refractivity contribution >= 4 is 40.3 Å². The van der Waals surface area contributed by atoms with Gasteiger partial charge in [0.15, 0.2) is 11.6 Å². The molecule has 4 aliphatic heterocycles. The zero-order valence-electron chi connectivity index (χ0n) is 44.8. The number of hydrogen-bond donors (Lipinski definition) is 4. The first kappa shape index (κ1) is 53.1. The number of hydrogen-bond acceptors (Lipinski definition) is 18. The third-order valence-corrected chi connectivity index (χ3v) is 17.3. The van der Waals surface area contributed by atoms with Gasteiger partial charge in [0.1, 0.15) is 23.8 Å². The largest absolute Gasteiger partial charge is 0.507 e. The molecule has 2 amide bonds. The summed E-state index contributed by atoms with van der Waals surface area (Å²) >= 11 is 1.59. The molecule has 412 valence electrons. The average molecular weight is 1080 g/mol. The number of β-amino-alcohol motifs (C(OH)–C–C–N with tert-alkyl or cyclic N) is 1. The summed E-state index contributed by atoms with van der Waals surface area (Å²) in [6.45, 7) is 12.6. The molecular formula is C58H71N11O8S. The number of piperidine rings is 1. The molecule has 6 aromatic rings. The number of fused-ring (bicyclic) bond motifs is 2. The van der Waals surface area contributed by atoms with E-state index in [1.807, 2.05) is 81.9 Å². The number of aryl methyl sites for hydroxylation is 1. The van der Waals surface area contributed by atoms with E-state index in [1.165, 1.54) is 4.90 Å². The summed E-state index contributed by atoms with van der Waals surface area (Å²) in [5, 5.41) is 37.0. The van der Waals surface area contributed by atoms with Gasteiger partial charge in [-0.15, -0.1) is 21.5 Å². The van der Waals surface area contributed by atoms with Crippen molar-refractivity contribution in [1.29, 1.82) is 0 Å². The molecule has 2 unspecified atom stereocenters. The summed E-state index contributed by atoms with van der Waals surface area (Å²) in [6, 6.07) is 22.4. The lowest BCUT2D eigenvalue weighted by Gasteiger charge is -2.43. The van der Waals surface area contributed by atoms with E-state index in [2.05, 4.69) is 57.5 Å². The third kappa shape index (κ3) is 11.6. The van der Waals surface area contributed by atoms with Crippen LogP contribution in [0, 0.1) is 12.8 Å². The van der Waals surface area contributed by atoms with E-state index >= 15 is 0 Å². The van der Waals surface area contributed by atoms with Crippen LogP contribution in [-0.2, 0) is 14.3 Å². The molecule has 19 nitrogen and oxygen atoms in total. The Morgan fingerprint density at radius 3 is 2.38 bits per heavy atom. The fourth-order valence-corrected chi connectivity index (χ4v) is 12.9. The average Bonchev–Trinajstić information content (AvgIpc) is 4.28. The molecule has 4 saturated heterocycles. The maximum Gasteiger partial charge on any atom is 0.254 e. The number of benzene rings is 2. The molecule has 6 atom stereocenters. The van der Waals surface area contributed by atoms with Gasteiger partial charge in [0, 0.05) is 100 Å². The highest BCUT2D eigenvalue weighted by molar-refractivity contribution is 7.13. The van der Waals surface area contributed by atoms with Crippen LogP contribution in [0.2, 0.25) is 0 Å². The number of aliphatic hydroxyl groups excluding tert-OH is 1. The number of anilines is 3. The van der Waals surface area contributed by atoms with E-state index in [0.717, 1.165) is 111 Å². The van der Waals surface area contributed by atoms with Crippen LogP contribution in [0.4, 0.5) is 17.2 Å². The van der Waals surface area contributed by atoms with E-state index in [1.54, 1.807) is 29.5 Å². The number of amides is 2. The number of nitrogens with zero attached hydrogens (tertiary/aromatic N) is 9. The predicted molar refractivity (Wildman–Crippen MR) is 296 cm³/mol. The van der Waals surface area contributed by atoms with Gasteiger partial charge < -0.3 is 59.6 Å². The molecule has 1 aliphatic carbocycles. The van der Waals surface area contributed by atoms with Crippen LogP contribution >= 0.6 is 11.3 Å². The second kappa shape index (κ2) is 23.2. The van der Waals surface area contributed by atoms with Crippen molar-refractivity contribution in [2.45, 2.75) is 134 Å². The summed E-state index contributed by atoms with van der Waals surface area (Å²) in [5.74, 6) is 0.391. The van der Waals surface area contributed by atoms with Crippen LogP contribution in [0.3, 0.4) is 0 Å². The molecule has 0 radical (unpaired) electrons. The van der Waals surface area contributed by atoms with Gasteiger partial charge in [0.25, 0.3) is 5.88 Å². The van der Waals surface area contributed by atoms with Gasteiger partial charge >= 0.3 is 0 Å². The van der Waals surface area contributed by atoms with Crippen LogP contribution in [0.5, 0.6) is 17.5 Å². The molecule has 5 aliphatic rings. The first-order valence-electron chi connectivity index (χ1n) is 27.7. The van der Waals surface area contributed by atoms with Gasteiger partial charge in [0.2, 0.25) is 17.7 Å². The number of nitrogens with two attached hydrogens (primary N) is 1. The molecule has 78 heavy (non-hydrogen) atoms. The molecule has 5 fully saturated rings. The second-order valence-corrected chi connectivity index (χ2v) is 22.9. The molecule has 4 aromatic heterocycles. The number of carbonyl (C=O) groups is 2. The summed E-state index contributed by atoms with van der Waals surface area (Å²) in [4.78, 5) is 46.8. The van der Waals surface area contributed by atoms with E-state index in [4.69, 9.17) is 24.5 Å². The Morgan fingerprint density at radius 2 is 1.65 bits per heavy atom. The van der Waals surface area contributed by atoms with Crippen LogP contribution in [0.1, 0.15) is 101 Å². The van der Waals surface area contributed by atoms with Crippen molar-refractivity contribution in [2.75, 3.05) is 61.4 Å². The van der Waals surface area contributed by atoms with Crippen molar-refractivity contribution in [3.63, 3.8) is 0 Å². The quantitative estimate of drug-likeness (QED) is 0.0574. The summed E-state index contributed by atoms with van der Waals surface area (Å²) in [6.07, 6.45) is 8.22. The van der Waals surface area contributed by atoms with Crippen molar-refractivity contribution in [1.82, 2.24) is 40.4 Å². The Labute approximate surface area is 459 Å². The minimum absolute atomic E-state index is 0.0565. The summed E-state index contributed by atoms with van der Waals surface area (Å²) < 4.78 is 24.7. The van der Waals surface area contributed by atoms with E-state index in [-0.39, 0.29) is 60.8 Å². The van der Waals surface area contributed by atoms with E-state index in [0.29, 0.717) is 53.3 Å². The maximum absolute atomic E-state index is 14.2. The molecule has 1 saturated carbocycles. The lowest BCUT2D eigenvalue weighted by atomic mass is 9.91. The normalized spacial score (nSPS) is 23.3. The summed E-state index contributed by atoms with van der Waals surface area (Å²) in [7, 11) is 0. The SMILES string of the molecule is Cc1ncsc1-c1ccc([C@H](C)NC(=O)[C@@H]2C[C@@H](O)CN2C(=O)[C@H](c2cc(OCCCN3CCC(OC4CC(Oc5cc(N6C7CCC6CN(c6cc(-c8ccccc8O)nnc6N)C7)ccn5)C4)CC3)no2)C(C)C)cc1. The molecule has 2 aromatic carbocycles. The van der Waals surface area contributed by atoms with Gasteiger partial charge in [-0.05, 0) is 92.4 Å². The second-order valence-electron chi connectivity index (χ2n) is 22.1. The number of phenolic OH excluding ortho intramolecular Hbond substituents is 1. The first-order chi connectivity index (χ1) is 37.8. The highest BCUT2D eigenvalue weighted by atomic mass is 32.1. The Hall–Kier alpha value is -6.87. The highest BCUT2D eigenvalue weighted by Crippen LogP contribution is 2.41. The maximum atomic E-state index is 14.2. The Morgan fingerprint density at radius 1 is 0.885 bits per heavy atom. The Bertz CT molecular complexity index is 3020. The van der Waals surface area contributed by atoms with E-state index in [9.17, 15) is 19.8 Å². The smallest absolute Gasteiger partial charge is 0.254 e. The number of aromatic nitrogens is 5. The number of aromatic hydroxyl groups is 1. The Balaban J connectivity index is 0.589. The third-order valence-electron chi connectivity index (χ3n) is 16.3. The summed E-state index contributed by atoms with van der Waals surface area (Å²) in [5.41, 5.74) is 14.4. The van der Waals surface area contributed by atoms with Crippen molar-refractivity contribution in [3.8, 4) is 39.2 Å². The van der Waals surface area contributed by atoms with Crippen LogP contribution in [0.15, 0.2) is 89.0 Å². The lowest BCUT2D eigenvalue weighted by Crippen LogP contribution is -2.54. The predicted octanol–water partition coefficient (Wildman–Crippen LogP) is 7.54. The number of nitrogen functional groups attached to an aromatic ring is 1. The number of ether oxygens (including phenoxy) is 3. The van der Waals surface area contributed by atoms with E-state index < -0.39 is 18.1 Å². The number of nitrogens with one attached hydrogen (secondary N) is 1. The molecule has 5 N–H and O–H groups in total.